The van der Waals surface area contributed by atoms with Crippen LogP contribution in [0.1, 0.15) is 65.5 Å². The zero-order chi connectivity index (χ0) is 27.3. The molecule has 202 valence electrons. The Balaban J connectivity index is 1.57. The topological polar surface area (TPSA) is 49.9 Å². The fourth-order valence-corrected chi connectivity index (χ4v) is 5.51. The Morgan fingerprint density at radius 1 is 1.00 bits per heavy atom. The van der Waals surface area contributed by atoms with Crippen molar-refractivity contribution in [2.24, 2.45) is 0 Å². The molecule has 1 aliphatic heterocycles. The van der Waals surface area contributed by atoms with E-state index in [4.69, 9.17) is 4.74 Å². The van der Waals surface area contributed by atoms with E-state index in [0.29, 0.717) is 31.8 Å². The number of aryl methyl sites for hydroxylation is 1. The lowest BCUT2D eigenvalue weighted by atomic mass is 9.86. The summed E-state index contributed by atoms with van der Waals surface area (Å²) in [5, 5.41) is 2.01. The smallest absolute Gasteiger partial charge is 0.254 e. The number of thiophene rings is 1. The number of nitrogens with zero attached hydrogens (tertiary/aromatic N) is 2. The van der Waals surface area contributed by atoms with Crippen LogP contribution in [0.2, 0.25) is 0 Å². The molecule has 38 heavy (non-hydrogen) atoms. The second-order valence-electron chi connectivity index (χ2n) is 11.1. The van der Waals surface area contributed by atoms with E-state index in [1.807, 2.05) is 42.6 Å². The molecule has 0 saturated carbocycles. The molecule has 1 atom stereocenters. The lowest BCUT2D eigenvalue weighted by Gasteiger charge is -2.29. The summed E-state index contributed by atoms with van der Waals surface area (Å²) in [6.07, 6.45) is 1.75. The lowest BCUT2D eigenvalue weighted by Crippen LogP contribution is -2.45. The van der Waals surface area contributed by atoms with Crippen LogP contribution in [0.15, 0.2) is 60.0 Å². The molecule has 2 amide bonds. The number of benzene rings is 2. The number of hydrogen-bond acceptors (Lipinski definition) is 4. The van der Waals surface area contributed by atoms with Gasteiger partial charge in [0.2, 0.25) is 5.91 Å². The maximum absolute atomic E-state index is 13.8. The largest absolute Gasteiger partial charge is 0.376 e. The summed E-state index contributed by atoms with van der Waals surface area (Å²) in [7, 11) is 0. The molecule has 5 nitrogen and oxygen atoms in total. The van der Waals surface area contributed by atoms with Gasteiger partial charge in [-0.25, -0.2) is 4.39 Å². The van der Waals surface area contributed by atoms with Crippen molar-refractivity contribution in [3.63, 3.8) is 0 Å². The molecule has 1 unspecified atom stereocenters. The van der Waals surface area contributed by atoms with Gasteiger partial charge in [0.25, 0.3) is 5.91 Å². The van der Waals surface area contributed by atoms with Gasteiger partial charge in [-0.15, -0.1) is 11.3 Å². The third kappa shape index (κ3) is 7.29. The van der Waals surface area contributed by atoms with Crippen molar-refractivity contribution in [1.82, 2.24) is 9.80 Å². The molecule has 3 aromatic rings. The van der Waals surface area contributed by atoms with Gasteiger partial charge in [-0.2, -0.15) is 0 Å². The summed E-state index contributed by atoms with van der Waals surface area (Å²) in [4.78, 5) is 31.9. The van der Waals surface area contributed by atoms with Crippen molar-refractivity contribution < 1.29 is 18.7 Å². The lowest BCUT2D eigenvalue weighted by molar-refractivity contribution is -0.133. The summed E-state index contributed by atoms with van der Waals surface area (Å²) in [5.74, 6) is -0.644. The van der Waals surface area contributed by atoms with Gasteiger partial charge >= 0.3 is 0 Å². The van der Waals surface area contributed by atoms with Gasteiger partial charge in [0.15, 0.2) is 0 Å². The molecular weight excluding hydrogens is 499 g/mol. The number of rotatable bonds is 9. The van der Waals surface area contributed by atoms with Crippen LogP contribution >= 0.6 is 11.3 Å². The Hall–Kier alpha value is -3.03. The van der Waals surface area contributed by atoms with E-state index in [0.717, 1.165) is 34.4 Å². The number of ether oxygens (including phenoxy) is 1. The SMILES string of the molecule is Cc1ccsc1CN(Cc1ccc(F)cc1)C(=O)CN(CC1CCCO1)C(=O)c1ccc(C(C)(C)C)cc1. The first kappa shape index (κ1) is 28.0. The van der Waals surface area contributed by atoms with Crippen LogP contribution in [0.25, 0.3) is 0 Å². The first-order valence-electron chi connectivity index (χ1n) is 13.2. The van der Waals surface area contributed by atoms with Crippen LogP contribution in [0.3, 0.4) is 0 Å². The molecule has 2 heterocycles. The number of hydrogen-bond donors (Lipinski definition) is 0. The van der Waals surface area contributed by atoms with Crippen molar-refractivity contribution in [1.29, 1.82) is 0 Å². The quantitative estimate of drug-likeness (QED) is 0.321. The predicted octanol–water partition coefficient (Wildman–Crippen LogP) is 6.34. The fraction of sp³-hybridized carbons (Fsp3) is 0.419. The fourth-order valence-electron chi connectivity index (χ4n) is 4.59. The molecule has 0 bridgehead atoms. The maximum atomic E-state index is 13.8. The summed E-state index contributed by atoms with van der Waals surface area (Å²) in [5.41, 5.74) is 3.65. The van der Waals surface area contributed by atoms with Crippen molar-refractivity contribution in [3.05, 3.63) is 92.9 Å². The Labute approximate surface area is 229 Å². The van der Waals surface area contributed by atoms with Crippen LogP contribution in [-0.2, 0) is 28.0 Å². The van der Waals surface area contributed by atoms with Gasteiger partial charge in [-0.05, 0) is 77.6 Å². The van der Waals surface area contributed by atoms with Crippen molar-refractivity contribution in [2.45, 2.75) is 65.1 Å². The number of carbonyl (C=O) groups is 2. The van der Waals surface area contributed by atoms with E-state index in [9.17, 15) is 14.0 Å². The highest BCUT2D eigenvalue weighted by atomic mass is 32.1. The van der Waals surface area contributed by atoms with Crippen molar-refractivity contribution in [3.8, 4) is 0 Å². The van der Waals surface area contributed by atoms with Crippen LogP contribution in [0.4, 0.5) is 4.39 Å². The van der Waals surface area contributed by atoms with E-state index in [-0.39, 0.29) is 35.7 Å². The highest BCUT2D eigenvalue weighted by Gasteiger charge is 2.28. The normalized spacial score (nSPS) is 15.4. The first-order valence-corrected chi connectivity index (χ1v) is 14.0. The van der Waals surface area contributed by atoms with E-state index >= 15 is 0 Å². The average Bonchev–Trinajstić information content (AvgIpc) is 3.55. The third-order valence-corrected chi connectivity index (χ3v) is 8.01. The second-order valence-corrected chi connectivity index (χ2v) is 12.1. The third-order valence-electron chi connectivity index (χ3n) is 7.00. The molecule has 0 spiro atoms. The molecule has 2 aromatic carbocycles. The Kier molecular flexibility index (Phi) is 9.00. The number of halogens is 1. The molecule has 0 aliphatic carbocycles. The summed E-state index contributed by atoms with van der Waals surface area (Å²) >= 11 is 1.61. The minimum Gasteiger partial charge on any atom is -0.376 e. The molecule has 1 aromatic heterocycles. The minimum absolute atomic E-state index is 0.0182. The average molecular weight is 537 g/mol. The van der Waals surface area contributed by atoms with Gasteiger partial charge in [-0.3, -0.25) is 9.59 Å². The Morgan fingerprint density at radius 2 is 1.71 bits per heavy atom. The van der Waals surface area contributed by atoms with Crippen molar-refractivity contribution >= 4 is 23.2 Å². The first-order chi connectivity index (χ1) is 18.1. The molecule has 4 rings (SSSR count). The van der Waals surface area contributed by atoms with E-state index in [1.165, 1.54) is 12.1 Å². The number of amides is 2. The van der Waals surface area contributed by atoms with Gasteiger partial charge in [0.05, 0.1) is 12.6 Å². The molecule has 0 N–H and O–H groups in total. The summed E-state index contributed by atoms with van der Waals surface area (Å²) in [6.45, 7) is 10.2. The predicted molar refractivity (Wildman–Crippen MR) is 150 cm³/mol. The Bertz CT molecular complexity index is 1230. The summed E-state index contributed by atoms with van der Waals surface area (Å²) in [6, 6.07) is 15.9. The zero-order valence-corrected chi connectivity index (χ0v) is 23.5. The van der Waals surface area contributed by atoms with E-state index in [2.05, 4.69) is 20.8 Å². The van der Waals surface area contributed by atoms with Crippen LogP contribution in [0, 0.1) is 12.7 Å². The minimum atomic E-state index is -0.313. The van der Waals surface area contributed by atoms with Gasteiger partial charge in [0.1, 0.15) is 12.4 Å². The molecule has 1 aliphatic rings. The second kappa shape index (κ2) is 12.2. The molecule has 1 fully saturated rings. The molecule has 7 heteroatoms. The van der Waals surface area contributed by atoms with Crippen LogP contribution < -0.4 is 0 Å². The van der Waals surface area contributed by atoms with Crippen LogP contribution in [0.5, 0.6) is 0 Å². The standard InChI is InChI=1S/C31H37FN2O3S/c1-22-15-17-38-28(22)20-33(18-23-7-13-26(32)14-8-23)29(35)21-34(19-27-6-5-16-37-27)30(36)24-9-11-25(12-10-24)31(2,3)4/h7-15,17,27H,5-6,16,18-21H2,1-4H3. The van der Waals surface area contributed by atoms with E-state index in [1.54, 1.807) is 33.3 Å². The molecule has 1 saturated heterocycles. The highest BCUT2D eigenvalue weighted by molar-refractivity contribution is 7.10. The highest BCUT2D eigenvalue weighted by Crippen LogP contribution is 2.24. The van der Waals surface area contributed by atoms with E-state index < -0.39 is 0 Å². The maximum Gasteiger partial charge on any atom is 0.254 e. The molecular formula is C31H37FN2O3S. The van der Waals surface area contributed by atoms with Gasteiger partial charge in [0, 0.05) is 30.1 Å². The molecule has 0 radical (unpaired) electrons. The summed E-state index contributed by atoms with van der Waals surface area (Å²) < 4.78 is 19.3. The van der Waals surface area contributed by atoms with Gasteiger partial charge in [-0.1, -0.05) is 45.0 Å². The van der Waals surface area contributed by atoms with Crippen LogP contribution in [-0.4, -0.2) is 47.4 Å². The van der Waals surface area contributed by atoms with Gasteiger partial charge < -0.3 is 14.5 Å². The monoisotopic (exact) mass is 536 g/mol. The van der Waals surface area contributed by atoms with Crippen molar-refractivity contribution in [2.75, 3.05) is 19.7 Å². The number of carbonyl (C=O) groups excluding carboxylic acids is 2. The zero-order valence-electron chi connectivity index (χ0n) is 22.7. The Morgan fingerprint density at radius 3 is 2.29 bits per heavy atom.